The highest BCUT2D eigenvalue weighted by Crippen LogP contribution is 2.22. The summed E-state index contributed by atoms with van der Waals surface area (Å²) in [5, 5.41) is 0. The summed E-state index contributed by atoms with van der Waals surface area (Å²) < 4.78 is 5.62. The molecule has 0 bridgehead atoms. The van der Waals surface area contributed by atoms with E-state index in [0.29, 0.717) is 17.8 Å². The minimum Gasteiger partial charge on any atom is -0.399 e. The first-order valence-electron chi connectivity index (χ1n) is 8.55. The zero-order valence-electron chi connectivity index (χ0n) is 14.9. The molecule has 2 saturated heterocycles. The first kappa shape index (κ1) is 22.0. The number of hydrogen-bond donors (Lipinski definition) is 1. The van der Waals surface area contributed by atoms with E-state index in [0.717, 1.165) is 56.8 Å². The number of piperidine rings is 1. The molecule has 5 nitrogen and oxygen atoms in total. The number of likely N-dealkylation sites (tertiary alicyclic amines) is 1. The highest BCUT2D eigenvalue weighted by Gasteiger charge is 2.30. The second kappa shape index (κ2) is 9.62. The van der Waals surface area contributed by atoms with Gasteiger partial charge in [0.05, 0.1) is 12.7 Å². The lowest BCUT2D eigenvalue weighted by Gasteiger charge is -2.41. The van der Waals surface area contributed by atoms with E-state index < -0.39 is 0 Å². The Hall–Kier alpha value is -1.01. The molecule has 25 heavy (non-hydrogen) atoms. The molecular formula is C18H29Cl2N3O2. The lowest BCUT2D eigenvalue weighted by molar-refractivity contribution is -0.0423. The van der Waals surface area contributed by atoms with Crippen molar-refractivity contribution in [3.63, 3.8) is 0 Å². The summed E-state index contributed by atoms with van der Waals surface area (Å²) in [5.41, 5.74) is 8.22. The van der Waals surface area contributed by atoms with Crippen LogP contribution >= 0.6 is 24.8 Å². The third-order valence-electron chi connectivity index (χ3n) is 5.03. The molecule has 1 atom stereocenters. The number of halogens is 2. The maximum Gasteiger partial charge on any atom is 0.254 e. The van der Waals surface area contributed by atoms with Crippen molar-refractivity contribution in [3.05, 3.63) is 29.3 Å². The topological polar surface area (TPSA) is 58.8 Å². The number of nitrogen functional groups attached to an aromatic ring is 1. The summed E-state index contributed by atoms with van der Waals surface area (Å²) in [5.74, 6) is 0.114. The molecule has 0 aliphatic carbocycles. The van der Waals surface area contributed by atoms with E-state index in [2.05, 4.69) is 11.8 Å². The molecule has 1 unspecified atom stereocenters. The van der Waals surface area contributed by atoms with Gasteiger partial charge in [0.15, 0.2) is 0 Å². The van der Waals surface area contributed by atoms with Gasteiger partial charge in [-0.15, -0.1) is 24.8 Å². The van der Waals surface area contributed by atoms with Crippen molar-refractivity contribution in [2.24, 2.45) is 0 Å². The average molecular weight is 390 g/mol. The third-order valence-corrected chi connectivity index (χ3v) is 5.03. The van der Waals surface area contributed by atoms with Crippen molar-refractivity contribution >= 4 is 36.4 Å². The van der Waals surface area contributed by atoms with Gasteiger partial charge in [-0.2, -0.15) is 0 Å². The lowest BCUT2D eigenvalue weighted by Crippen LogP contribution is -2.51. The maximum atomic E-state index is 12.7. The molecule has 2 aliphatic heterocycles. The van der Waals surface area contributed by atoms with Crippen LogP contribution in [0.15, 0.2) is 18.2 Å². The number of ether oxygens (including phenoxy) is 1. The lowest BCUT2D eigenvalue weighted by atomic mass is 10.00. The summed E-state index contributed by atoms with van der Waals surface area (Å²) in [7, 11) is 0. The van der Waals surface area contributed by atoms with Crippen molar-refractivity contribution < 1.29 is 9.53 Å². The summed E-state index contributed by atoms with van der Waals surface area (Å²) >= 11 is 0. The van der Waals surface area contributed by atoms with Crippen LogP contribution in [0.4, 0.5) is 5.69 Å². The number of anilines is 1. The van der Waals surface area contributed by atoms with E-state index >= 15 is 0 Å². The fourth-order valence-electron chi connectivity index (χ4n) is 3.65. The Morgan fingerprint density at radius 1 is 1.20 bits per heavy atom. The summed E-state index contributed by atoms with van der Waals surface area (Å²) in [6.07, 6.45) is 2.40. The van der Waals surface area contributed by atoms with E-state index in [1.165, 1.54) is 0 Å². The minimum atomic E-state index is 0. The van der Waals surface area contributed by atoms with Crippen LogP contribution in [-0.2, 0) is 4.74 Å². The van der Waals surface area contributed by atoms with Crippen molar-refractivity contribution in [1.82, 2.24) is 9.80 Å². The van der Waals surface area contributed by atoms with Gasteiger partial charge in [-0.25, -0.2) is 0 Å². The van der Waals surface area contributed by atoms with Crippen LogP contribution in [0.1, 0.15) is 35.7 Å². The molecule has 2 aliphatic rings. The number of carbonyl (C=O) groups is 1. The number of carbonyl (C=O) groups excluding carboxylic acids is 1. The van der Waals surface area contributed by atoms with Gasteiger partial charge in [-0.05, 0) is 44.4 Å². The van der Waals surface area contributed by atoms with Crippen molar-refractivity contribution in [2.75, 3.05) is 38.5 Å². The normalized spacial score (nSPS) is 22.0. The van der Waals surface area contributed by atoms with Gasteiger partial charge in [0, 0.05) is 43.5 Å². The number of hydrogen-bond acceptors (Lipinski definition) is 4. The molecule has 1 amide bonds. The van der Waals surface area contributed by atoms with Crippen LogP contribution in [0.25, 0.3) is 0 Å². The molecule has 2 N–H and O–H groups in total. The van der Waals surface area contributed by atoms with Crippen molar-refractivity contribution in [2.45, 2.75) is 38.8 Å². The van der Waals surface area contributed by atoms with E-state index in [1.54, 1.807) is 6.07 Å². The Labute approximate surface area is 162 Å². The standard InChI is InChI=1S/C18H27N3O2.2ClH/c1-13-3-4-15(19)11-17(13)18(22)20-7-5-16(6-8-20)21-9-10-23-14(2)12-21;;/h3-4,11,14,16H,5-10,12,19H2,1-2H3;2*1H. The minimum absolute atomic E-state index is 0. The Morgan fingerprint density at radius 3 is 2.52 bits per heavy atom. The SMILES string of the molecule is Cc1ccc(N)cc1C(=O)N1CCC(N2CCOC(C)C2)CC1.Cl.Cl. The molecule has 7 heteroatoms. The Balaban J connectivity index is 0.00000156. The Bertz CT molecular complexity index is 577. The van der Waals surface area contributed by atoms with Crippen LogP contribution in [0, 0.1) is 6.92 Å². The molecule has 142 valence electrons. The van der Waals surface area contributed by atoms with Crippen molar-refractivity contribution in [3.8, 4) is 0 Å². The predicted molar refractivity (Wildman–Crippen MR) is 106 cm³/mol. The highest BCUT2D eigenvalue weighted by atomic mass is 35.5. The van der Waals surface area contributed by atoms with Crippen LogP contribution in [0.2, 0.25) is 0 Å². The van der Waals surface area contributed by atoms with Crippen LogP contribution in [0.5, 0.6) is 0 Å². The first-order valence-corrected chi connectivity index (χ1v) is 8.55. The van der Waals surface area contributed by atoms with Gasteiger partial charge in [0.25, 0.3) is 5.91 Å². The number of amides is 1. The number of nitrogens with zero attached hydrogens (tertiary/aromatic N) is 2. The number of nitrogens with two attached hydrogens (primary N) is 1. The third kappa shape index (κ3) is 5.23. The van der Waals surface area contributed by atoms with E-state index in [9.17, 15) is 4.79 Å². The van der Waals surface area contributed by atoms with E-state index in [4.69, 9.17) is 10.5 Å². The van der Waals surface area contributed by atoms with Crippen LogP contribution in [-0.4, -0.2) is 60.6 Å². The monoisotopic (exact) mass is 389 g/mol. The van der Waals surface area contributed by atoms with Gasteiger partial charge >= 0.3 is 0 Å². The molecule has 0 aromatic heterocycles. The summed E-state index contributed by atoms with van der Waals surface area (Å²) in [6, 6.07) is 6.14. The Kier molecular flexibility index (Phi) is 8.48. The Morgan fingerprint density at radius 2 is 1.88 bits per heavy atom. The fraction of sp³-hybridized carbons (Fsp3) is 0.611. The summed E-state index contributed by atoms with van der Waals surface area (Å²) in [6.45, 7) is 8.59. The van der Waals surface area contributed by atoms with Gasteiger partial charge in [-0.3, -0.25) is 9.69 Å². The average Bonchev–Trinajstić information content (AvgIpc) is 2.56. The van der Waals surface area contributed by atoms with Crippen LogP contribution in [0.3, 0.4) is 0 Å². The molecule has 1 aromatic carbocycles. The molecular weight excluding hydrogens is 361 g/mol. The predicted octanol–water partition coefficient (Wildman–Crippen LogP) is 2.75. The maximum absolute atomic E-state index is 12.7. The number of benzene rings is 1. The summed E-state index contributed by atoms with van der Waals surface area (Å²) in [4.78, 5) is 17.2. The van der Waals surface area contributed by atoms with Crippen molar-refractivity contribution in [1.29, 1.82) is 0 Å². The largest absolute Gasteiger partial charge is 0.399 e. The van der Waals surface area contributed by atoms with E-state index in [1.807, 2.05) is 24.0 Å². The highest BCUT2D eigenvalue weighted by molar-refractivity contribution is 5.96. The van der Waals surface area contributed by atoms with Gasteiger partial charge in [0.1, 0.15) is 0 Å². The quantitative estimate of drug-likeness (QED) is 0.789. The molecule has 3 rings (SSSR count). The number of aryl methyl sites for hydroxylation is 1. The molecule has 2 heterocycles. The van der Waals surface area contributed by atoms with Gasteiger partial charge in [-0.1, -0.05) is 6.07 Å². The fourth-order valence-corrected chi connectivity index (χ4v) is 3.65. The molecule has 2 fully saturated rings. The van der Waals surface area contributed by atoms with E-state index in [-0.39, 0.29) is 30.7 Å². The zero-order chi connectivity index (χ0) is 16.4. The molecule has 0 radical (unpaired) electrons. The molecule has 0 saturated carbocycles. The van der Waals surface area contributed by atoms with Gasteiger partial charge in [0.2, 0.25) is 0 Å². The second-order valence-corrected chi connectivity index (χ2v) is 6.77. The van der Waals surface area contributed by atoms with Crippen LogP contribution < -0.4 is 5.73 Å². The molecule has 1 aromatic rings. The smallest absolute Gasteiger partial charge is 0.254 e. The first-order chi connectivity index (χ1) is 11.0. The zero-order valence-corrected chi connectivity index (χ0v) is 16.6. The molecule has 0 spiro atoms. The number of morpholine rings is 1. The number of rotatable bonds is 2. The second-order valence-electron chi connectivity index (χ2n) is 6.77. The van der Waals surface area contributed by atoms with Gasteiger partial charge < -0.3 is 15.4 Å².